The molecule has 0 aromatic heterocycles. The molecule has 1 nitrogen and oxygen atoms in total. The molecule has 0 aliphatic carbocycles. The van der Waals surface area contributed by atoms with Crippen LogP contribution < -0.4 is 4.90 Å². The van der Waals surface area contributed by atoms with E-state index < -0.39 is 0 Å². The van der Waals surface area contributed by atoms with Gasteiger partial charge in [0.15, 0.2) is 0 Å². The van der Waals surface area contributed by atoms with Crippen LogP contribution in [0.3, 0.4) is 0 Å². The molecule has 0 N–H and O–H groups in total. The Morgan fingerprint density at radius 3 is 1.11 bits per heavy atom. The van der Waals surface area contributed by atoms with E-state index in [1.54, 1.807) is 0 Å². The predicted octanol–water partition coefficient (Wildman–Crippen LogP) is 10.3. The number of aryl methyl sites for hydroxylation is 3. The van der Waals surface area contributed by atoms with E-state index in [4.69, 9.17) is 0 Å². The molecule has 0 spiro atoms. The second-order valence-corrected chi connectivity index (χ2v) is 10.2. The van der Waals surface area contributed by atoms with Gasteiger partial charge in [0, 0.05) is 17.1 Å². The molecule has 3 rings (SSSR count). The Labute approximate surface area is 220 Å². The lowest BCUT2D eigenvalue weighted by Crippen LogP contribution is -2.10. The monoisotopic (exact) mass is 487 g/mol. The summed E-state index contributed by atoms with van der Waals surface area (Å²) in [6.45, 7) is 4.55. The Morgan fingerprint density at radius 1 is 0.457 bits per heavy atom. The Balaban J connectivity index is 1.79. The van der Waals surface area contributed by atoms with Crippen LogP contribution in [0.15, 0.2) is 72.8 Å². The van der Waals surface area contributed by atoms with Gasteiger partial charge in [-0.15, -0.1) is 0 Å². The van der Waals surface area contributed by atoms with Crippen LogP contribution in [0.4, 0.5) is 17.1 Å². The number of unbranched alkanes of at least 4 members (excludes halogenated alkanes) is 6. The lowest BCUT2D eigenvalue weighted by Gasteiger charge is -2.26. The predicted molar refractivity (Wildman–Crippen MR) is 159 cm³/mol. The van der Waals surface area contributed by atoms with Crippen LogP contribution in [0.25, 0.3) is 0 Å². The summed E-state index contributed by atoms with van der Waals surface area (Å²) >= 11 is 4.37. The lowest BCUT2D eigenvalue weighted by atomic mass is 10.0. The molecule has 0 aliphatic heterocycles. The Morgan fingerprint density at radius 2 is 0.800 bits per heavy atom. The SMILES string of the molecule is CCCCCCc1ccc(N(c2ccc(CCCS)cc2)c2ccc(CCCCCC)cc2)cc1. The third kappa shape index (κ3) is 9.08. The normalized spacial score (nSPS) is 11.1. The van der Waals surface area contributed by atoms with E-state index >= 15 is 0 Å². The van der Waals surface area contributed by atoms with Gasteiger partial charge >= 0.3 is 0 Å². The fourth-order valence-electron chi connectivity index (χ4n) is 4.68. The Bertz CT molecular complexity index is 888. The zero-order valence-corrected chi connectivity index (χ0v) is 22.9. The summed E-state index contributed by atoms with van der Waals surface area (Å²) < 4.78 is 0. The first-order valence-corrected chi connectivity index (χ1v) is 14.6. The molecular weight excluding hydrogens is 442 g/mol. The van der Waals surface area contributed by atoms with E-state index in [0.29, 0.717) is 0 Å². The van der Waals surface area contributed by atoms with Gasteiger partial charge in [-0.3, -0.25) is 0 Å². The van der Waals surface area contributed by atoms with E-state index in [1.165, 1.54) is 98.0 Å². The summed E-state index contributed by atoms with van der Waals surface area (Å²) in [5.74, 6) is 0.934. The van der Waals surface area contributed by atoms with Gasteiger partial charge in [-0.1, -0.05) is 88.8 Å². The highest BCUT2D eigenvalue weighted by atomic mass is 32.1. The number of nitrogens with zero attached hydrogens (tertiary/aromatic N) is 1. The largest absolute Gasteiger partial charge is 0.311 e. The maximum atomic E-state index is 4.37. The van der Waals surface area contributed by atoms with Crippen LogP contribution >= 0.6 is 12.6 Å². The van der Waals surface area contributed by atoms with Gasteiger partial charge in [-0.25, -0.2) is 0 Å². The van der Waals surface area contributed by atoms with Crippen LogP contribution in [0.2, 0.25) is 0 Å². The van der Waals surface area contributed by atoms with Gasteiger partial charge in [-0.2, -0.15) is 12.6 Å². The molecule has 0 atom stereocenters. The summed E-state index contributed by atoms with van der Waals surface area (Å²) in [6, 6.07) is 27.5. The van der Waals surface area contributed by atoms with Gasteiger partial charge in [-0.05, 0) is 97.4 Å². The third-order valence-electron chi connectivity index (χ3n) is 6.85. The smallest absolute Gasteiger partial charge is 0.0461 e. The highest BCUT2D eigenvalue weighted by Crippen LogP contribution is 2.35. The zero-order valence-electron chi connectivity index (χ0n) is 22.0. The van der Waals surface area contributed by atoms with Gasteiger partial charge in [0.1, 0.15) is 0 Å². The fourth-order valence-corrected chi connectivity index (χ4v) is 4.84. The molecule has 188 valence electrons. The van der Waals surface area contributed by atoms with Crippen molar-refractivity contribution >= 4 is 29.7 Å². The minimum Gasteiger partial charge on any atom is -0.311 e. The first kappa shape index (κ1) is 27.4. The average molecular weight is 488 g/mol. The van der Waals surface area contributed by atoms with Crippen molar-refractivity contribution in [3.05, 3.63) is 89.5 Å². The number of hydrogen-bond acceptors (Lipinski definition) is 2. The van der Waals surface area contributed by atoms with Gasteiger partial charge < -0.3 is 4.90 Å². The summed E-state index contributed by atoms with van der Waals surface area (Å²) in [6.07, 6.45) is 15.0. The van der Waals surface area contributed by atoms with Crippen LogP contribution in [0, 0.1) is 0 Å². The standard InChI is InChI=1S/C33H45NS/c1-3-5-7-9-12-28-15-21-31(22-16-28)34(33-25-19-30(20-26-33)14-11-27-35)32-23-17-29(18-24-32)13-10-8-6-4-2/h15-26,35H,3-14,27H2,1-2H3. The minimum atomic E-state index is 0.934. The molecular formula is C33H45NS. The van der Waals surface area contributed by atoms with Crippen molar-refractivity contribution in [3.8, 4) is 0 Å². The van der Waals surface area contributed by atoms with Crippen molar-refractivity contribution < 1.29 is 0 Å². The molecule has 35 heavy (non-hydrogen) atoms. The zero-order chi connectivity index (χ0) is 24.7. The molecule has 0 radical (unpaired) electrons. The van der Waals surface area contributed by atoms with Crippen molar-refractivity contribution in [1.29, 1.82) is 0 Å². The number of rotatable bonds is 16. The lowest BCUT2D eigenvalue weighted by molar-refractivity contribution is 0.667. The van der Waals surface area contributed by atoms with Gasteiger partial charge in [0.05, 0.1) is 0 Å². The van der Waals surface area contributed by atoms with Gasteiger partial charge in [0.25, 0.3) is 0 Å². The second-order valence-electron chi connectivity index (χ2n) is 9.78. The van der Waals surface area contributed by atoms with Crippen LogP contribution in [-0.4, -0.2) is 5.75 Å². The maximum absolute atomic E-state index is 4.37. The summed E-state index contributed by atoms with van der Waals surface area (Å²) in [4.78, 5) is 2.39. The van der Waals surface area contributed by atoms with Crippen molar-refractivity contribution in [1.82, 2.24) is 0 Å². The van der Waals surface area contributed by atoms with Crippen molar-refractivity contribution in [2.75, 3.05) is 10.7 Å². The highest BCUT2D eigenvalue weighted by molar-refractivity contribution is 7.80. The second kappa shape index (κ2) is 15.7. The molecule has 0 amide bonds. The van der Waals surface area contributed by atoms with Crippen LogP contribution in [0.1, 0.15) is 88.3 Å². The molecule has 0 fully saturated rings. The molecule has 3 aromatic rings. The Hall–Kier alpha value is -2.19. The number of hydrogen-bond donors (Lipinski definition) is 1. The summed E-state index contributed by atoms with van der Waals surface area (Å²) in [7, 11) is 0. The van der Waals surface area contributed by atoms with Crippen molar-refractivity contribution in [2.24, 2.45) is 0 Å². The van der Waals surface area contributed by atoms with E-state index in [2.05, 4.69) is 104 Å². The molecule has 0 saturated carbocycles. The molecule has 2 heteroatoms. The van der Waals surface area contributed by atoms with Crippen molar-refractivity contribution in [3.63, 3.8) is 0 Å². The Kier molecular flexibility index (Phi) is 12.3. The number of thiol groups is 1. The minimum absolute atomic E-state index is 0.934. The van der Waals surface area contributed by atoms with Crippen LogP contribution in [0.5, 0.6) is 0 Å². The van der Waals surface area contributed by atoms with Gasteiger partial charge in [0.2, 0.25) is 0 Å². The highest BCUT2D eigenvalue weighted by Gasteiger charge is 2.13. The topological polar surface area (TPSA) is 3.24 Å². The fraction of sp³-hybridized carbons (Fsp3) is 0.455. The quantitative estimate of drug-likeness (QED) is 0.155. The number of anilines is 3. The molecule has 0 bridgehead atoms. The molecule has 0 unspecified atom stereocenters. The third-order valence-corrected chi connectivity index (χ3v) is 7.16. The summed E-state index contributed by atoms with van der Waals surface area (Å²) in [5.41, 5.74) is 7.92. The summed E-state index contributed by atoms with van der Waals surface area (Å²) in [5, 5.41) is 0. The number of benzene rings is 3. The maximum Gasteiger partial charge on any atom is 0.0461 e. The van der Waals surface area contributed by atoms with Crippen LogP contribution in [-0.2, 0) is 19.3 Å². The first-order chi connectivity index (χ1) is 17.2. The van der Waals surface area contributed by atoms with E-state index in [-0.39, 0.29) is 0 Å². The molecule has 0 saturated heterocycles. The molecule has 0 aliphatic rings. The van der Waals surface area contributed by atoms with E-state index in [1.807, 2.05) is 0 Å². The van der Waals surface area contributed by atoms with E-state index in [9.17, 15) is 0 Å². The average Bonchev–Trinajstić information content (AvgIpc) is 2.90. The van der Waals surface area contributed by atoms with E-state index in [0.717, 1.165) is 18.6 Å². The molecule has 3 aromatic carbocycles. The van der Waals surface area contributed by atoms with Crippen molar-refractivity contribution in [2.45, 2.75) is 90.9 Å². The first-order valence-electron chi connectivity index (χ1n) is 13.9. The molecule has 0 heterocycles.